The van der Waals surface area contributed by atoms with Crippen LogP contribution in [-0.4, -0.2) is 38.7 Å². The van der Waals surface area contributed by atoms with Gasteiger partial charge >= 0.3 is 0 Å². The highest BCUT2D eigenvalue weighted by Crippen LogP contribution is 2.24. The average molecular weight is 384 g/mol. The van der Waals surface area contributed by atoms with Crippen molar-refractivity contribution in [2.45, 2.75) is 12.8 Å². The molecule has 28 heavy (non-hydrogen) atoms. The van der Waals surface area contributed by atoms with E-state index < -0.39 is 11.6 Å². The molecule has 0 saturated carbocycles. The van der Waals surface area contributed by atoms with E-state index in [1.165, 1.54) is 12.4 Å². The Morgan fingerprint density at radius 3 is 2.79 bits per heavy atom. The molecule has 0 unspecified atom stereocenters. The molecule has 1 amide bonds. The van der Waals surface area contributed by atoms with Crippen LogP contribution in [0.5, 0.6) is 0 Å². The second-order valence-electron chi connectivity index (χ2n) is 6.59. The molecule has 3 heterocycles. The quantitative estimate of drug-likeness (QED) is 0.749. The molecule has 0 spiro atoms. The Hall–Kier alpha value is -3.36. The largest absolute Gasteiger partial charge is 0.356 e. The van der Waals surface area contributed by atoms with E-state index >= 15 is 0 Å². The lowest BCUT2D eigenvalue weighted by molar-refractivity contribution is -0.120. The number of aromatic nitrogens is 4. The molecular formula is C19H18F2N6O. The summed E-state index contributed by atoms with van der Waals surface area (Å²) in [6.07, 6.45) is 6.46. The Morgan fingerprint density at radius 1 is 1.14 bits per heavy atom. The van der Waals surface area contributed by atoms with Crippen LogP contribution < -0.4 is 10.2 Å². The van der Waals surface area contributed by atoms with Gasteiger partial charge in [-0.05, 0) is 31.0 Å². The highest BCUT2D eigenvalue weighted by Gasteiger charge is 2.27. The van der Waals surface area contributed by atoms with Crippen LogP contribution in [0.1, 0.15) is 12.8 Å². The van der Waals surface area contributed by atoms with Crippen molar-refractivity contribution in [3.8, 4) is 5.82 Å². The van der Waals surface area contributed by atoms with Gasteiger partial charge in [0.1, 0.15) is 12.1 Å². The van der Waals surface area contributed by atoms with Gasteiger partial charge in [-0.15, -0.1) is 0 Å². The molecule has 0 radical (unpaired) electrons. The number of amides is 1. The molecule has 2 aromatic heterocycles. The van der Waals surface area contributed by atoms with Crippen molar-refractivity contribution in [3.05, 3.63) is 60.7 Å². The smallest absolute Gasteiger partial charge is 0.229 e. The van der Waals surface area contributed by atoms with E-state index in [-0.39, 0.29) is 17.5 Å². The fourth-order valence-electron chi connectivity index (χ4n) is 3.26. The maximum atomic E-state index is 13.4. The third kappa shape index (κ3) is 3.83. The third-order valence-electron chi connectivity index (χ3n) is 4.68. The molecular weight excluding hydrogens is 366 g/mol. The molecule has 7 nitrogen and oxygen atoms in total. The topological polar surface area (TPSA) is 75.9 Å². The van der Waals surface area contributed by atoms with Crippen LogP contribution in [-0.2, 0) is 4.79 Å². The Morgan fingerprint density at radius 2 is 2.00 bits per heavy atom. The number of nitrogens with zero attached hydrogens (tertiary/aromatic N) is 5. The van der Waals surface area contributed by atoms with Gasteiger partial charge in [0.25, 0.3) is 0 Å². The molecule has 1 saturated heterocycles. The summed E-state index contributed by atoms with van der Waals surface area (Å²) in [6.45, 7) is 1.25. The van der Waals surface area contributed by atoms with Gasteiger partial charge in [-0.3, -0.25) is 4.79 Å². The Bertz CT molecular complexity index is 978. The zero-order valence-electron chi connectivity index (χ0n) is 14.9. The van der Waals surface area contributed by atoms with Gasteiger partial charge in [-0.2, -0.15) is 5.10 Å². The van der Waals surface area contributed by atoms with Gasteiger partial charge in [0.05, 0.1) is 5.92 Å². The fourth-order valence-corrected chi connectivity index (χ4v) is 3.26. The van der Waals surface area contributed by atoms with Crippen LogP contribution in [0.15, 0.2) is 49.1 Å². The van der Waals surface area contributed by atoms with Crippen LogP contribution >= 0.6 is 0 Å². The van der Waals surface area contributed by atoms with Crippen LogP contribution in [0.2, 0.25) is 0 Å². The lowest BCUT2D eigenvalue weighted by Gasteiger charge is -2.32. The number of rotatable bonds is 4. The summed E-state index contributed by atoms with van der Waals surface area (Å²) >= 11 is 0. The minimum absolute atomic E-state index is 0.225. The summed E-state index contributed by atoms with van der Waals surface area (Å²) in [7, 11) is 0. The van der Waals surface area contributed by atoms with E-state index in [0.29, 0.717) is 24.6 Å². The molecule has 4 rings (SSSR count). The number of hydrogen-bond acceptors (Lipinski definition) is 5. The minimum Gasteiger partial charge on any atom is -0.356 e. The van der Waals surface area contributed by atoms with Gasteiger partial charge in [-0.25, -0.2) is 23.4 Å². The molecule has 1 aromatic carbocycles. The zero-order valence-corrected chi connectivity index (χ0v) is 14.9. The molecule has 3 aromatic rings. The van der Waals surface area contributed by atoms with Crippen molar-refractivity contribution in [1.29, 1.82) is 0 Å². The first-order chi connectivity index (χ1) is 13.6. The Kier molecular flexibility index (Phi) is 4.96. The lowest BCUT2D eigenvalue weighted by atomic mass is 9.97. The normalized spacial score (nSPS) is 16.8. The van der Waals surface area contributed by atoms with Gasteiger partial charge < -0.3 is 10.2 Å². The van der Waals surface area contributed by atoms with Crippen molar-refractivity contribution in [2.24, 2.45) is 5.92 Å². The standard InChI is InChI=1S/C19H18F2N6O/c20-15-5-4-14(9-16(15)21)25-19(28)13-3-1-7-26(11-13)17-10-18(23-12-22-17)27-8-2-6-24-27/h2,4-6,8-10,12-13H,1,3,7,11H2,(H,25,28)/t13-/m1/s1. The summed E-state index contributed by atoms with van der Waals surface area (Å²) in [4.78, 5) is 23.2. The summed E-state index contributed by atoms with van der Waals surface area (Å²) in [5, 5.41) is 6.83. The van der Waals surface area contributed by atoms with Gasteiger partial charge in [0.15, 0.2) is 17.5 Å². The maximum Gasteiger partial charge on any atom is 0.229 e. The van der Waals surface area contributed by atoms with Crippen molar-refractivity contribution in [2.75, 3.05) is 23.3 Å². The Labute approximate surface area is 160 Å². The molecule has 9 heteroatoms. The number of piperidine rings is 1. The molecule has 1 aliphatic rings. The van der Waals surface area contributed by atoms with E-state index in [4.69, 9.17) is 0 Å². The highest BCUT2D eigenvalue weighted by molar-refractivity contribution is 5.93. The number of nitrogens with one attached hydrogen (secondary N) is 1. The molecule has 144 valence electrons. The van der Waals surface area contributed by atoms with Crippen molar-refractivity contribution < 1.29 is 13.6 Å². The summed E-state index contributed by atoms with van der Waals surface area (Å²) in [5.74, 6) is -1.09. The molecule has 1 aliphatic heterocycles. The van der Waals surface area contributed by atoms with Gasteiger partial charge in [0, 0.05) is 43.3 Å². The van der Waals surface area contributed by atoms with E-state index in [0.717, 1.165) is 25.1 Å². The SMILES string of the molecule is O=C(Nc1ccc(F)c(F)c1)[C@@H]1CCCN(c2cc(-n3cccn3)ncn2)C1. The first kappa shape index (κ1) is 18.0. The first-order valence-electron chi connectivity index (χ1n) is 8.93. The minimum atomic E-state index is -0.991. The summed E-state index contributed by atoms with van der Waals surface area (Å²) in [5.41, 5.74) is 0.240. The molecule has 1 atom stereocenters. The Balaban J connectivity index is 1.46. The van der Waals surface area contributed by atoms with Crippen molar-refractivity contribution in [3.63, 3.8) is 0 Å². The molecule has 1 N–H and O–H groups in total. The van der Waals surface area contributed by atoms with E-state index in [2.05, 4.69) is 20.4 Å². The zero-order chi connectivity index (χ0) is 19.5. The summed E-state index contributed by atoms with van der Waals surface area (Å²) < 4.78 is 28.0. The van der Waals surface area contributed by atoms with Crippen LogP contribution in [0, 0.1) is 17.6 Å². The van der Waals surface area contributed by atoms with E-state index in [1.54, 1.807) is 23.1 Å². The van der Waals surface area contributed by atoms with Crippen LogP contribution in [0.25, 0.3) is 5.82 Å². The maximum absolute atomic E-state index is 13.4. The molecule has 0 aliphatic carbocycles. The number of carbonyl (C=O) groups is 1. The van der Waals surface area contributed by atoms with Crippen molar-refractivity contribution >= 4 is 17.4 Å². The van der Waals surface area contributed by atoms with Gasteiger partial charge in [-0.1, -0.05) is 0 Å². The average Bonchev–Trinajstić information content (AvgIpc) is 3.26. The number of carbonyl (C=O) groups excluding carboxylic acids is 1. The van der Waals surface area contributed by atoms with E-state index in [9.17, 15) is 13.6 Å². The van der Waals surface area contributed by atoms with Gasteiger partial charge in [0.2, 0.25) is 5.91 Å². The van der Waals surface area contributed by atoms with E-state index in [1.807, 2.05) is 11.0 Å². The number of halogens is 2. The van der Waals surface area contributed by atoms with Crippen molar-refractivity contribution in [1.82, 2.24) is 19.7 Å². The predicted molar refractivity (Wildman–Crippen MR) is 99.1 cm³/mol. The fraction of sp³-hybridized carbons (Fsp3) is 0.263. The number of benzene rings is 1. The third-order valence-corrected chi connectivity index (χ3v) is 4.68. The second-order valence-corrected chi connectivity index (χ2v) is 6.59. The first-order valence-corrected chi connectivity index (χ1v) is 8.93. The lowest BCUT2D eigenvalue weighted by Crippen LogP contribution is -2.41. The van der Waals surface area contributed by atoms with Crippen LogP contribution in [0.3, 0.4) is 0 Å². The molecule has 1 fully saturated rings. The monoisotopic (exact) mass is 384 g/mol. The number of anilines is 2. The molecule has 0 bridgehead atoms. The second kappa shape index (κ2) is 7.71. The number of hydrogen-bond donors (Lipinski definition) is 1. The highest BCUT2D eigenvalue weighted by atomic mass is 19.2. The predicted octanol–water partition coefficient (Wildman–Crippen LogP) is 2.80. The summed E-state index contributed by atoms with van der Waals surface area (Å²) in [6, 6.07) is 6.95. The van der Waals surface area contributed by atoms with Crippen LogP contribution in [0.4, 0.5) is 20.3 Å².